The molecule has 0 radical (unpaired) electrons. The first kappa shape index (κ1) is 21.2. The second kappa shape index (κ2) is 10.3. The van der Waals surface area contributed by atoms with Gasteiger partial charge in [-0.05, 0) is 30.0 Å². The summed E-state index contributed by atoms with van der Waals surface area (Å²) in [5.41, 5.74) is 0.832. The van der Waals surface area contributed by atoms with Crippen LogP contribution in [0.3, 0.4) is 0 Å². The number of carbonyl (C=O) groups is 1. The third-order valence-electron chi connectivity index (χ3n) is 5.07. The van der Waals surface area contributed by atoms with Gasteiger partial charge in [0.15, 0.2) is 11.5 Å². The Kier molecular flexibility index (Phi) is 7.82. The Bertz CT molecular complexity index is 662. The van der Waals surface area contributed by atoms with Crippen molar-refractivity contribution in [3.63, 3.8) is 0 Å². The highest BCUT2D eigenvalue weighted by Gasteiger charge is 2.23. The van der Waals surface area contributed by atoms with Crippen LogP contribution in [0.4, 0.5) is 0 Å². The number of benzene rings is 1. The summed E-state index contributed by atoms with van der Waals surface area (Å²) in [6.07, 6.45) is 2.14. The minimum absolute atomic E-state index is 0.00688. The number of carbonyl (C=O) groups excluding carboxylic acids is 1. The van der Waals surface area contributed by atoms with E-state index in [1.54, 1.807) is 6.07 Å². The normalized spacial score (nSPS) is 18.6. The zero-order valence-corrected chi connectivity index (χ0v) is 17.6. The van der Waals surface area contributed by atoms with Crippen LogP contribution in [0.15, 0.2) is 12.1 Å². The van der Waals surface area contributed by atoms with Crippen molar-refractivity contribution >= 4 is 17.5 Å². The maximum Gasteiger partial charge on any atom is 0.224 e. The fourth-order valence-electron chi connectivity index (χ4n) is 3.71. The van der Waals surface area contributed by atoms with Crippen LogP contribution in [-0.2, 0) is 16.0 Å². The van der Waals surface area contributed by atoms with E-state index in [1.807, 2.05) is 6.07 Å². The van der Waals surface area contributed by atoms with Gasteiger partial charge in [-0.1, -0.05) is 25.4 Å². The molecule has 0 spiro atoms. The summed E-state index contributed by atoms with van der Waals surface area (Å²) in [6.45, 7) is 9.63. The number of halogens is 1. The quantitative estimate of drug-likeness (QED) is 0.748. The molecule has 1 amide bonds. The third-order valence-corrected chi connectivity index (χ3v) is 5.35. The molecule has 2 aliphatic rings. The number of nitrogens with zero attached hydrogens (tertiary/aromatic N) is 1. The molecule has 0 unspecified atom stereocenters. The van der Waals surface area contributed by atoms with Crippen molar-refractivity contribution in [2.24, 2.45) is 5.92 Å². The summed E-state index contributed by atoms with van der Waals surface area (Å²) in [5, 5.41) is 3.60. The predicted octanol–water partition coefficient (Wildman–Crippen LogP) is 2.91. The Hall–Kier alpha value is -1.50. The molecule has 1 aromatic rings. The van der Waals surface area contributed by atoms with E-state index in [4.69, 9.17) is 25.8 Å². The summed E-state index contributed by atoms with van der Waals surface area (Å²) in [7, 11) is 0. The lowest BCUT2D eigenvalue weighted by Gasteiger charge is -2.35. The summed E-state index contributed by atoms with van der Waals surface area (Å²) in [6, 6.07) is 3.99. The molecule has 1 aromatic carbocycles. The lowest BCUT2D eigenvalue weighted by molar-refractivity contribution is -0.120. The Labute approximate surface area is 172 Å². The average Bonchev–Trinajstić information content (AvgIpc) is 2.91. The first-order valence-electron chi connectivity index (χ1n) is 10.2. The highest BCUT2D eigenvalue weighted by molar-refractivity contribution is 6.32. The van der Waals surface area contributed by atoms with Crippen molar-refractivity contribution < 1.29 is 19.0 Å². The van der Waals surface area contributed by atoms with Gasteiger partial charge in [-0.3, -0.25) is 9.69 Å². The van der Waals surface area contributed by atoms with Crippen LogP contribution in [0, 0.1) is 5.92 Å². The molecular weight excluding hydrogens is 380 g/mol. The van der Waals surface area contributed by atoms with Crippen LogP contribution >= 0.6 is 11.6 Å². The predicted molar refractivity (Wildman–Crippen MR) is 109 cm³/mol. The maximum absolute atomic E-state index is 12.6. The number of amides is 1. The Morgan fingerprint density at radius 2 is 1.93 bits per heavy atom. The van der Waals surface area contributed by atoms with Crippen LogP contribution in [-0.4, -0.2) is 62.9 Å². The largest absolute Gasteiger partial charge is 0.489 e. The number of hydrogen-bond donors (Lipinski definition) is 1. The number of nitrogens with one attached hydrogen (secondary N) is 1. The van der Waals surface area contributed by atoms with Crippen molar-refractivity contribution in [2.75, 3.05) is 46.1 Å². The first-order valence-corrected chi connectivity index (χ1v) is 10.6. The molecule has 0 saturated carbocycles. The van der Waals surface area contributed by atoms with Crippen molar-refractivity contribution in [2.45, 2.75) is 39.2 Å². The first-order chi connectivity index (χ1) is 13.5. The van der Waals surface area contributed by atoms with Gasteiger partial charge in [0.25, 0.3) is 0 Å². The molecular formula is C21H31ClN2O4. The Morgan fingerprint density at radius 1 is 1.18 bits per heavy atom. The van der Waals surface area contributed by atoms with E-state index >= 15 is 0 Å². The second-order valence-corrected chi connectivity index (χ2v) is 8.28. The molecule has 28 heavy (non-hydrogen) atoms. The molecule has 0 aliphatic carbocycles. The number of rotatable bonds is 7. The molecule has 0 aromatic heterocycles. The van der Waals surface area contributed by atoms with Gasteiger partial charge < -0.3 is 19.5 Å². The number of ether oxygens (including phenoxy) is 3. The van der Waals surface area contributed by atoms with Gasteiger partial charge in [-0.15, -0.1) is 0 Å². The summed E-state index contributed by atoms with van der Waals surface area (Å²) in [4.78, 5) is 15.0. The van der Waals surface area contributed by atoms with Crippen LogP contribution in [0.25, 0.3) is 0 Å². The van der Waals surface area contributed by atoms with Crippen molar-refractivity contribution in [1.82, 2.24) is 10.2 Å². The lowest BCUT2D eigenvalue weighted by atomic mass is 10.0. The highest BCUT2D eigenvalue weighted by atomic mass is 35.5. The van der Waals surface area contributed by atoms with E-state index < -0.39 is 0 Å². The van der Waals surface area contributed by atoms with Crippen molar-refractivity contribution in [3.05, 3.63) is 22.7 Å². The van der Waals surface area contributed by atoms with Crippen molar-refractivity contribution in [3.8, 4) is 11.5 Å². The fourth-order valence-corrected chi connectivity index (χ4v) is 4.00. The van der Waals surface area contributed by atoms with E-state index in [0.29, 0.717) is 48.2 Å². The zero-order valence-electron chi connectivity index (χ0n) is 16.8. The maximum atomic E-state index is 12.6. The zero-order chi connectivity index (χ0) is 19.9. The molecule has 6 nitrogen and oxygen atoms in total. The molecule has 7 heteroatoms. The smallest absolute Gasteiger partial charge is 0.224 e. The Balaban J connectivity index is 1.58. The molecule has 156 valence electrons. The van der Waals surface area contributed by atoms with Gasteiger partial charge in [0.2, 0.25) is 5.91 Å². The van der Waals surface area contributed by atoms with Gasteiger partial charge in [-0.2, -0.15) is 0 Å². The minimum Gasteiger partial charge on any atom is -0.489 e. The number of fused-ring (bicyclic) bond motifs is 1. The summed E-state index contributed by atoms with van der Waals surface area (Å²) in [5.74, 6) is 1.77. The summed E-state index contributed by atoms with van der Waals surface area (Å²) >= 11 is 6.33. The van der Waals surface area contributed by atoms with E-state index in [0.717, 1.165) is 44.7 Å². The molecule has 0 bridgehead atoms. The van der Waals surface area contributed by atoms with Crippen LogP contribution in [0.1, 0.15) is 32.3 Å². The molecule has 1 fully saturated rings. The monoisotopic (exact) mass is 410 g/mol. The average molecular weight is 411 g/mol. The molecule has 1 atom stereocenters. The number of morpholine rings is 1. The fraction of sp³-hybridized carbons (Fsp3) is 0.667. The molecule has 3 rings (SSSR count). The van der Waals surface area contributed by atoms with Crippen LogP contribution in [0.5, 0.6) is 11.5 Å². The number of hydrogen-bond acceptors (Lipinski definition) is 5. The standard InChI is InChI=1S/C21H31ClN2O4/c1-15(2)10-17(24-4-8-26-9-5-24)14-23-20(25)13-16-11-18(22)21-19(12-16)27-6-3-7-28-21/h11-12,15,17H,3-10,13-14H2,1-2H3,(H,23,25)/t17-/m1/s1. The molecule has 1 saturated heterocycles. The molecule has 1 N–H and O–H groups in total. The van der Waals surface area contributed by atoms with Gasteiger partial charge in [-0.25, -0.2) is 0 Å². The lowest BCUT2D eigenvalue weighted by Crippen LogP contribution is -2.49. The van der Waals surface area contributed by atoms with E-state index in [9.17, 15) is 4.79 Å². The highest BCUT2D eigenvalue weighted by Crippen LogP contribution is 2.38. The summed E-state index contributed by atoms with van der Waals surface area (Å²) < 4.78 is 16.8. The minimum atomic E-state index is -0.00688. The van der Waals surface area contributed by atoms with Gasteiger partial charge >= 0.3 is 0 Å². The van der Waals surface area contributed by atoms with Gasteiger partial charge in [0, 0.05) is 32.1 Å². The molecule has 2 heterocycles. The van der Waals surface area contributed by atoms with E-state index in [1.165, 1.54) is 0 Å². The topological polar surface area (TPSA) is 60.0 Å². The SMILES string of the molecule is CC(C)C[C@H](CNC(=O)Cc1cc(Cl)c2c(c1)OCCCO2)N1CCOCC1. The van der Waals surface area contributed by atoms with E-state index in [-0.39, 0.29) is 12.3 Å². The van der Waals surface area contributed by atoms with Gasteiger partial charge in [0.1, 0.15) is 0 Å². The van der Waals surface area contributed by atoms with E-state index in [2.05, 4.69) is 24.1 Å². The van der Waals surface area contributed by atoms with Crippen LogP contribution < -0.4 is 14.8 Å². The Morgan fingerprint density at radius 3 is 2.68 bits per heavy atom. The second-order valence-electron chi connectivity index (χ2n) is 7.87. The third kappa shape index (κ3) is 6.00. The van der Waals surface area contributed by atoms with Crippen molar-refractivity contribution in [1.29, 1.82) is 0 Å². The molecule has 2 aliphatic heterocycles. The van der Waals surface area contributed by atoms with Crippen LogP contribution in [0.2, 0.25) is 5.02 Å². The van der Waals surface area contributed by atoms with Gasteiger partial charge in [0.05, 0.1) is 37.9 Å².